The maximum Gasteiger partial charge on any atom is 0.229 e. The predicted molar refractivity (Wildman–Crippen MR) is 105 cm³/mol. The Balaban J connectivity index is 1.88. The minimum Gasteiger partial charge on any atom is -0.507 e. The minimum absolute atomic E-state index is 0.220. The van der Waals surface area contributed by atoms with Gasteiger partial charge in [-0.15, -0.1) is 0 Å². The molecule has 13 heteroatoms. The van der Waals surface area contributed by atoms with Gasteiger partial charge in [0.25, 0.3) is 0 Å². The first-order chi connectivity index (χ1) is 15.5. The largest absolute Gasteiger partial charge is 0.507 e. The van der Waals surface area contributed by atoms with Crippen molar-refractivity contribution in [3.63, 3.8) is 0 Å². The van der Waals surface area contributed by atoms with Crippen molar-refractivity contribution in [2.75, 3.05) is 6.61 Å². The number of aliphatic hydroxyl groups is 6. The molecule has 0 aliphatic carbocycles. The summed E-state index contributed by atoms with van der Waals surface area (Å²) in [6, 6.07) is 1.99. The molecule has 186 valence electrons. The van der Waals surface area contributed by atoms with Crippen LogP contribution in [0.2, 0.25) is 0 Å². The summed E-state index contributed by atoms with van der Waals surface area (Å²) in [5.74, 6) is -2.02. The maximum absolute atomic E-state index is 11.6. The second-order valence-corrected chi connectivity index (χ2v) is 8.00. The number of phenolic OH excluding ortho intramolecular Hbond substituents is 2. The van der Waals surface area contributed by atoms with Crippen LogP contribution in [0.5, 0.6) is 17.2 Å². The molecule has 0 bridgehead atoms. The van der Waals surface area contributed by atoms with E-state index in [0.29, 0.717) is 0 Å². The highest BCUT2D eigenvalue weighted by molar-refractivity contribution is 5.99. The van der Waals surface area contributed by atoms with Crippen molar-refractivity contribution in [3.8, 4) is 17.2 Å². The molecule has 1 aromatic rings. The third kappa shape index (κ3) is 5.06. The van der Waals surface area contributed by atoms with Gasteiger partial charge in [0.05, 0.1) is 12.7 Å². The number of carbonyl (C=O) groups excluding carboxylic acids is 1. The monoisotopic (exact) mass is 476 g/mol. The normalized spacial score (nSPS) is 39.3. The van der Waals surface area contributed by atoms with E-state index >= 15 is 0 Å². The van der Waals surface area contributed by atoms with E-state index < -0.39 is 85.3 Å². The van der Waals surface area contributed by atoms with Gasteiger partial charge >= 0.3 is 0 Å². The van der Waals surface area contributed by atoms with Gasteiger partial charge in [0.15, 0.2) is 18.2 Å². The fourth-order valence-electron chi connectivity index (χ4n) is 3.73. The van der Waals surface area contributed by atoms with E-state index in [2.05, 4.69) is 0 Å². The van der Waals surface area contributed by atoms with Crippen molar-refractivity contribution in [2.24, 2.45) is 0 Å². The fraction of sp³-hybridized carbons (Fsp3) is 0.650. The number of aromatic hydroxyl groups is 2. The van der Waals surface area contributed by atoms with Crippen LogP contribution in [0.15, 0.2) is 12.1 Å². The summed E-state index contributed by atoms with van der Waals surface area (Å²) in [5.41, 5.74) is -0.344. The Hall–Kier alpha value is -2.07. The molecule has 0 spiro atoms. The Morgan fingerprint density at radius 3 is 2.06 bits per heavy atom. The van der Waals surface area contributed by atoms with Crippen molar-refractivity contribution >= 4 is 5.78 Å². The van der Waals surface area contributed by atoms with Gasteiger partial charge in [-0.25, -0.2) is 0 Å². The highest BCUT2D eigenvalue weighted by atomic mass is 16.8. The van der Waals surface area contributed by atoms with Gasteiger partial charge in [0.1, 0.15) is 59.4 Å². The van der Waals surface area contributed by atoms with Crippen molar-refractivity contribution in [3.05, 3.63) is 17.7 Å². The molecule has 0 radical (unpaired) electrons. The van der Waals surface area contributed by atoms with Crippen LogP contribution >= 0.6 is 0 Å². The predicted octanol–water partition coefficient (Wildman–Crippen LogP) is -2.67. The van der Waals surface area contributed by atoms with E-state index in [1.165, 1.54) is 6.92 Å². The number of benzene rings is 1. The lowest BCUT2D eigenvalue weighted by molar-refractivity contribution is -0.354. The highest BCUT2D eigenvalue weighted by Gasteiger charge is 2.50. The van der Waals surface area contributed by atoms with Crippen LogP contribution in [0.1, 0.15) is 24.2 Å². The molecule has 0 aromatic heterocycles. The molecule has 2 aliphatic heterocycles. The summed E-state index contributed by atoms with van der Waals surface area (Å²) in [7, 11) is 0. The Morgan fingerprint density at radius 1 is 0.909 bits per heavy atom. The van der Waals surface area contributed by atoms with E-state index in [0.717, 1.165) is 19.1 Å². The lowest BCUT2D eigenvalue weighted by Gasteiger charge is -2.45. The Morgan fingerprint density at radius 2 is 1.52 bits per heavy atom. The molecule has 2 saturated heterocycles. The number of rotatable bonds is 6. The summed E-state index contributed by atoms with van der Waals surface area (Å²) >= 11 is 0. The number of carbonyl (C=O) groups is 1. The van der Waals surface area contributed by atoms with Crippen LogP contribution in [0.3, 0.4) is 0 Å². The first-order valence-electron chi connectivity index (χ1n) is 10.2. The molecule has 8 N–H and O–H groups in total. The number of hydrogen-bond acceptors (Lipinski definition) is 13. The summed E-state index contributed by atoms with van der Waals surface area (Å²) in [6.45, 7) is 1.83. The van der Waals surface area contributed by atoms with Crippen molar-refractivity contribution in [2.45, 2.75) is 75.3 Å². The molecule has 13 nitrogen and oxygen atoms in total. The number of ether oxygens (including phenoxy) is 4. The van der Waals surface area contributed by atoms with E-state index in [1.54, 1.807) is 0 Å². The average molecular weight is 476 g/mol. The van der Waals surface area contributed by atoms with Crippen molar-refractivity contribution < 1.29 is 64.6 Å². The molecule has 10 atom stereocenters. The number of hydrogen-bond donors (Lipinski definition) is 8. The standard InChI is InChI=1S/C20H28O13/c1-6(22)12-9(23)3-8(4-10(12)24)31-20-18(16(28)14(26)11(5-21)32-20)33-19-17(29)15(27)13(25)7(2)30-19/h3-4,7,11,13-21,23-29H,5H2,1-2H3/t7-,11+,13-,14+,15+,16-,17+,18+,19+,20+/m1/s1. The van der Waals surface area contributed by atoms with Gasteiger partial charge in [0.2, 0.25) is 6.29 Å². The quantitative estimate of drug-likeness (QED) is 0.197. The van der Waals surface area contributed by atoms with Gasteiger partial charge in [-0.2, -0.15) is 0 Å². The van der Waals surface area contributed by atoms with Crippen LogP contribution in [0.4, 0.5) is 0 Å². The first kappa shape index (κ1) is 25.6. The third-order valence-electron chi connectivity index (χ3n) is 5.60. The molecule has 1 aromatic carbocycles. The van der Waals surface area contributed by atoms with Gasteiger partial charge < -0.3 is 59.8 Å². The summed E-state index contributed by atoms with van der Waals surface area (Å²) in [6.07, 6.45) is -15.2. The Bertz CT molecular complexity index is 824. The van der Waals surface area contributed by atoms with Gasteiger partial charge in [-0.05, 0) is 13.8 Å². The zero-order valence-electron chi connectivity index (χ0n) is 17.8. The second kappa shape index (κ2) is 10.0. The maximum atomic E-state index is 11.6. The molecular formula is C20H28O13. The topological polar surface area (TPSA) is 216 Å². The Kier molecular flexibility index (Phi) is 7.78. The lowest BCUT2D eigenvalue weighted by Crippen LogP contribution is -2.64. The summed E-state index contributed by atoms with van der Waals surface area (Å²) in [4.78, 5) is 11.6. The lowest BCUT2D eigenvalue weighted by atomic mass is 9.97. The molecule has 33 heavy (non-hydrogen) atoms. The van der Waals surface area contributed by atoms with Crippen LogP contribution in [-0.4, -0.2) is 115 Å². The summed E-state index contributed by atoms with van der Waals surface area (Å²) in [5, 5.41) is 80.4. The summed E-state index contributed by atoms with van der Waals surface area (Å²) < 4.78 is 21.9. The molecule has 0 unspecified atom stereocenters. The number of Topliss-reactive ketones (excluding diaryl/α,β-unsaturated/α-hetero) is 1. The second-order valence-electron chi connectivity index (χ2n) is 8.00. The van der Waals surface area contributed by atoms with Crippen LogP contribution < -0.4 is 4.74 Å². The smallest absolute Gasteiger partial charge is 0.229 e. The number of aliphatic hydroxyl groups excluding tert-OH is 6. The van der Waals surface area contributed by atoms with Crippen molar-refractivity contribution in [1.29, 1.82) is 0 Å². The minimum atomic E-state index is -1.74. The van der Waals surface area contributed by atoms with Gasteiger partial charge in [-0.1, -0.05) is 0 Å². The molecule has 2 aliphatic rings. The van der Waals surface area contributed by atoms with E-state index in [-0.39, 0.29) is 11.3 Å². The number of ketones is 1. The van der Waals surface area contributed by atoms with E-state index in [4.69, 9.17) is 18.9 Å². The molecule has 2 fully saturated rings. The zero-order chi connectivity index (χ0) is 24.6. The average Bonchev–Trinajstić information content (AvgIpc) is 2.74. The van der Waals surface area contributed by atoms with E-state index in [9.17, 15) is 45.6 Å². The fourth-order valence-corrected chi connectivity index (χ4v) is 3.73. The number of phenols is 2. The van der Waals surface area contributed by atoms with Crippen LogP contribution in [-0.2, 0) is 14.2 Å². The van der Waals surface area contributed by atoms with Gasteiger partial charge in [0, 0.05) is 12.1 Å². The molecule has 0 saturated carbocycles. The SMILES string of the molecule is CC(=O)c1c(O)cc(O[C@H]2O[C@@H](CO)[C@H](O)[C@@H](O)[C@@H]2O[C@@H]2O[C@H](C)[C@@H](O)[C@H](O)[C@@H]2O)cc1O. The van der Waals surface area contributed by atoms with Gasteiger partial charge in [-0.3, -0.25) is 4.79 Å². The zero-order valence-corrected chi connectivity index (χ0v) is 17.8. The van der Waals surface area contributed by atoms with E-state index in [1.807, 2.05) is 0 Å². The third-order valence-corrected chi connectivity index (χ3v) is 5.60. The molecule has 2 heterocycles. The highest BCUT2D eigenvalue weighted by Crippen LogP contribution is 2.35. The van der Waals surface area contributed by atoms with Crippen LogP contribution in [0.25, 0.3) is 0 Å². The van der Waals surface area contributed by atoms with Crippen LogP contribution in [0, 0.1) is 0 Å². The first-order valence-corrected chi connectivity index (χ1v) is 10.2. The Labute approximate surface area is 187 Å². The molecule has 3 rings (SSSR count). The molecular weight excluding hydrogens is 448 g/mol. The van der Waals surface area contributed by atoms with Crippen molar-refractivity contribution in [1.82, 2.24) is 0 Å². The molecule has 0 amide bonds.